The Hall–Kier alpha value is -1.40. The predicted molar refractivity (Wildman–Crippen MR) is 75.0 cm³/mol. The van der Waals surface area contributed by atoms with Crippen molar-refractivity contribution < 1.29 is 8.91 Å². The number of aromatic nitrogens is 2. The van der Waals surface area contributed by atoms with E-state index in [-0.39, 0.29) is 5.82 Å². The van der Waals surface area contributed by atoms with Crippen molar-refractivity contribution in [2.24, 2.45) is 5.92 Å². The maximum absolute atomic E-state index is 13.1. The first-order valence-electron chi connectivity index (χ1n) is 6.64. The fraction of sp³-hybridized carbons (Fsp3) is 0.429. The number of nitrogens with one attached hydrogen (secondary N) is 1. The Kier molecular flexibility index (Phi) is 4.03. The largest absolute Gasteiger partial charge is 0.339 e. The van der Waals surface area contributed by atoms with Crippen molar-refractivity contribution in [1.29, 1.82) is 0 Å². The smallest absolute Gasteiger partial charge is 0.231 e. The highest BCUT2D eigenvalue weighted by atomic mass is 32.2. The zero-order valence-electron chi connectivity index (χ0n) is 11.2. The second-order valence-corrected chi connectivity index (χ2v) is 6.09. The summed E-state index contributed by atoms with van der Waals surface area (Å²) in [5.41, 5.74) is 0. The Morgan fingerprint density at radius 1 is 1.45 bits per heavy atom. The molecule has 1 aromatic heterocycles. The SMILES string of the molecule is CC1CNCC1c1nc(CSc2cccc(F)c2)no1. The van der Waals surface area contributed by atoms with Gasteiger partial charge in [0.2, 0.25) is 5.89 Å². The molecule has 1 aliphatic heterocycles. The highest BCUT2D eigenvalue weighted by Crippen LogP contribution is 2.27. The third-order valence-electron chi connectivity index (χ3n) is 3.48. The first-order chi connectivity index (χ1) is 9.72. The predicted octanol–water partition coefficient (Wildman–Crippen LogP) is 2.82. The van der Waals surface area contributed by atoms with E-state index >= 15 is 0 Å². The van der Waals surface area contributed by atoms with Crippen molar-refractivity contribution in [2.75, 3.05) is 13.1 Å². The van der Waals surface area contributed by atoms with E-state index in [2.05, 4.69) is 22.4 Å². The van der Waals surface area contributed by atoms with Gasteiger partial charge in [0.05, 0.1) is 11.7 Å². The monoisotopic (exact) mass is 293 g/mol. The second kappa shape index (κ2) is 5.93. The van der Waals surface area contributed by atoms with Gasteiger partial charge >= 0.3 is 0 Å². The summed E-state index contributed by atoms with van der Waals surface area (Å²) in [6.07, 6.45) is 0. The van der Waals surface area contributed by atoms with Gasteiger partial charge in [-0.25, -0.2) is 4.39 Å². The van der Waals surface area contributed by atoms with E-state index in [4.69, 9.17) is 4.52 Å². The van der Waals surface area contributed by atoms with E-state index in [0.29, 0.717) is 29.3 Å². The lowest BCUT2D eigenvalue weighted by atomic mass is 9.98. The molecule has 106 valence electrons. The van der Waals surface area contributed by atoms with Crippen LogP contribution in [-0.4, -0.2) is 23.2 Å². The van der Waals surface area contributed by atoms with Crippen LogP contribution in [0.15, 0.2) is 33.7 Å². The van der Waals surface area contributed by atoms with Gasteiger partial charge in [0, 0.05) is 11.4 Å². The van der Waals surface area contributed by atoms with E-state index in [0.717, 1.165) is 18.0 Å². The van der Waals surface area contributed by atoms with Gasteiger partial charge in [0.15, 0.2) is 5.82 Å². The number of nitrogens with zero attached hydrogens (tertiary/aromatic N) is 2. The molecule has 0 spiro atoms. The Balaban J connectivity index is 1.63. The summed E-state index contributed by atoms with van der Waals surface area (Å²) in [6, 6.07) is 6.52. The Labute approximate surface area is 121 Å². The molecule has 1 aliphatic rings. The number of rotatable bonds is 4. The molecule has 1 fully saturated rings. The Morgan fingerprint density at radius 3 is 3.10 bits per heavy atom. The molecular formula is C14H16FN3OS. The van der Waals surface area contributed by atoms with Crippen molar-refractivity contribution in [2.45, 2.75) is 23.5 Å². The molecule has 2 heterocycles. The molecule has 2 aromatic rings. The summed E-state index contributed by atoms with van der Waals surface area (Å²) in [5, 5.41) is 7.32. The average molecular weight is 293 g/mol. The second-order valence-electron chi connectivity index (χ2n) is 5.04. The lowest BCUT2D eigenvalue weighted by molar-refractivity contribution is 0.337. The van der Waals surface area contributed by atoms with Gasteiger partial charge < -0.3 is 9.84 Å². The van der Waals surface area contributed by atoms with Crippen molar-refractivity contribution in [3.05, 3.63) is 41.8 Å². The number of hydrogen-bond acceptors (Lipinski definition) is 5. The molecule has 3 rings (SSSR count). The van der Waals surface area contributed by atoms with Crippen LogP contribution in [0.1, 0.15) is 24.6 Å². The van der Waals surface area contributed by atoms with Gasteiger partial charge in [-0.05, 0) is 30.7 Å². The van der Waals surface area contributed by atoms with Crippen molar-refractivity contribution in [3.63, 3.8) is 0 Å². The lowest BCUT2D eigenvalue weighted by Crippen LogP contribution is -2.08. The summed E-state index contributed by atoms with van der Waals surface area (Å²) >= 11 is 1.50. The summed E-state index contributed by atoms with van der Waals surface area (Å²) in [7, 11) is 0. The molecule has 2 atom stereocenters. The van der Waals surface area contributed by atoms with Crippen molar-refractivity contribution in [3.8, 4) is 0 Å². The van der Waals surface area contributed by atoms with Crippen LogP contribution in [0.3, 0.4) is 0 Å². The van der Waals surface area contributed by atoms with Crippen LogP contribution in [0.4, 0.5) is 4.39 Å². The molecule has 1 aromatic carbocycles. The van der Waals surface area contributed by atoms with Crippen LogP contribution in [-0.2, 0) is 5.75 Å². The number of thioether (sulfide) groups is 1. The molecule has 0 saturated carbocycles. The molecule has 0 amide bonds. The quantitative estimate of drug-likeness (QED) is 0.879. The summed E-state index contributed by atoms with van der Waals surface area (Å²) in [4.78, 5) is 5.32. The van der Waals surface area contributed by atoms with E-state index < -0.39 is 0 Å². The van der Waals surface area contributed by atoms with Crippen LogP contribution in [0.5, 0.6) is 0 Å². The molecule has 4 nitrogen and oxygen atoms in total. The number of hydrogen-bond donors (Lipinski definition) is 1. The minimum absolute atomic E-state index is 0.227. The van der Waals surface area contributed by atoms with Gasteiger partial charge in [-0.3, -0.25) is 0 Å². The van der Waals surface area contributed by atoms with Gasteiger partial charge in [-0.2, -0.15) is 4.98 Å². The molecule has 0 bridgehead atoms. The zero-order valence-corrected chi connectivity index (χ0v) is 12.0. The maximum atomic E-state index is 13.1. The van der Waals surface area contributed by atoms with Gasteiger partial charge in [-0.15, -0.1) is 11.8 Å². The molecule has 6 heteroatoms. The molecule has 2 unspecified atom stereocenters. The Morgan fingerprint density at radius 2 is 2.35 bits per heavy atom. The van der Waals surface area contributed by atoms with E-state index in [1.54, 1.807) is 6.07 Å². The summed E-state index contributed by atoms with van der Waals surface area (Å²) in [6.45, 7) is 4.05. The van der Waals surface area contributed by atoms with Gasteiger partial charge in [-0.1, -0.05) is 18.1 Å². The summed E-state index contributed by atoms with van der Waals surface area (Å²) in [5.74, 6) is 2.54. The number of halogens is 1. The molecule has 0 radical (unpaired) electrons. The molecule has 0 aliphatic carbocycles. The van der Waals surface area contributed by atoms with Crippen molar-refractivity contribution in [1.82, 2.24) is 15.5 Å². The maximum Gasteiger partial charge on any atom is 0.231 e. The standard InChI is InChI=1S/C14H16FN3OS/c1-9-6-16-7-12(9)14-17-13(18-19-14)8-20-11-4-2-3-10(15)5-11/h2-5,9,12,16H,6-8H2,1H3. The van der Waals surface area contributed by atoms with Crippen LogP contribution in [0.2, 0.25) is 0 Å². The van der Waals surface area contributed by atoms with Gasteiger partial charge in [0.25, 0.3) is 0 Å². The molecule has 1 saturated heterocycles. The fourth-order valence-electron chi connectivity index (χ4n) is 2.32. The highest BCUT2D eigenvalue weighted by Gasteiger charge is 2.29. The van der Waals surface area contributed by atoms with Crippen LogP contribution >= 0.6 is 11.8 Å². The van der Waals surface area contributed by atoms with Gasteiger partial charge in [0.1, 0.15) is 5.82 Å². The normalized spacial score (nSPS) is 22.3. The van der Waals surface area contributed by atoms with Crippen LogP contribution in [0.25, 0.3) is 0 Å². The van der Waals surface area contributed by atoms with Crippen LogP contribution < -0.4 is 5.32 Å². The third-order valence-corrected chi connectivity index (χ3v) is 4.47. The minimum atomic E-state index is -0.227. The summed E-state index contributed by atoms with van der Waals surface area (Å²) < 4.78 is 18.4. The molecule has 20 heavy (non-hydrogen) atoms. The van der Waals surface area contributed by atoms with E-state index in [1.165, 1.54) is 23.9 Å². The minimum Gasteiger partial charge on any atom is -0.339 e. The zero-order chi connectivity index (χ0) is 13.9. The van der Waals surface area contributed by atoms with E-state index in [1.807, 2.05) is 6.07 Å². The highest BCUT2D eigenvalue weighted by molar-refractivity contribution is 7.98. The van der Waals surface area contributed by atoms with E-state index in [9.17, 15) is 4.39 Å². The third kappa shape index (κ3) is 3.02. The topological polar surface area (TPSA) is 51.0 Å². The number of benzene rings is 1. The first-order valence-corrected chi connectivity index (χ1v) is 7.62. The molecule has 1 N–H and O–H groups in total. The molecular weight excluding hydrogens is 277 g/mol. The van der Waals surface area contributed by atoms with Crippen molar-refractivity contribution >= 4 is 11.8 Å². The lowest BCUT2D eigenvalue weighted by Gasteiger charge is -2.07. The average Bonchev–Trinajstić information content (AvgIpc) is 3.05. The van der Waals surface area contributed by atoms with Crippen LogP contribution in [0, 0.1) is 11.7 Å². The fourth-order valence-corrected chi connectivity index (χ4v) is 3.11. The first kappa shape index (κ1) is 13.6. The Bertz CT molecular complexity index is 589.